The van der Waals surface area contributed by atoms with Crippen LogP contribution in [0.5, 0.6) is 0 Å². The average molecular weight is 370 g/mol. The number of nitrogens with zero attached hydrogens (tertiary/aromatic N) is 1. The molecule has 124 valence electrons. The van der Waals surface area contributed by atoms with Crippen molar-refractivity contribution < 1.29 is 9.18 Å². The summed E-state index contributed by atoms with van der Waals surface area (Å²) in [6, 6.07) is 2.40. The Morgan fingerprint density at radius 2 is 1.95 bits per heavy atom. The van der Waals surface area contributed by atoms with Crippen molar-refractivity contribution in [1.29, 1.82) is 0 Å². The Labute approximate surface area is 146 Å². The second-order valence-electron chi connectivity index (χ2n) is 5.29. The fourth-order valence-electron chi connectivity index (χ4n) is 2.55. The molecule has 0 saturated carbocycles. The van der Waals surface area contributed by atoms with Gasteiger partial charge < -0.3 is 10.2 Å². The van der Waals surface area contributed by atoms with Gasteiger partial charge in [-0.25, -0.2) is 4.39 Å². The fraction of sp³-hybridized carbons (Fsp3) is 0.533. The van der Waals surface area contributed by atoms with Gasteiger partial charge in [-0.3, -0.25) is 4.79 Å². The molecule has 0 radical (unpaired) electrons. The van der Waals surface area contributed by atoms with E-state index in [-0.39, 0.29) is 33.9 Å². The van der Waals surface area contributed by atoms with Crippen molar-refractivity contribution in [1.82, 2.24) is 10.2 Å². The number of hydrogen-bond donors (Lipinski definition) is 1. The predicted molar refractivity (Wildman–Crippen MR) is 90.8 cm³/mol. The molecule has 1 aromatic rings. The first kappa shape index (κ1) is 19.5. The van der Waals surface area contributed by atoms with Crippen LogP contribution < -0.4 is 5.32 Å². The first-order valence-corrected chi connectivity index (χ1v) is 7.93. The lowest BCUT2D eigenvalue weighted by molar-refractivity contribution is 0.0690. The van der Waals surface area contributed by atoms with Crippen molar-refractivity contribution in [3.8, 4) is 0 Å². The highest BCUT2D eigenvalue weighted by molar-refractivity contribution is 6.36. The number of amides is 1. The van der Waals surface area contributed by atoms with Crippen LogP contribution in [0.1, 0.15) is 30.1 Å². The van der Waals surface area contributed by atoms with E-state index in [0.717, 1.165) is 32.0 Å². The fourth-order valence-corrected chi connectivity index (χ4v) is 3.01. The lowest BCUT2D eigenvalue weighted by Crippen LogP contribution is -2.40. The Balaban J connectivity index is 0.00000242. The molecule has 0 unspecified atom stereocenters. The summed E-state index contributed by atoms with van der Waals surface area (Å²) < 4.78 is 13.5. The van der Waals surface area contributed by atoms with Crippen LogP contribution in [0.2, 0.25) is 10.0 Å². The Hall–Kier alpha value is -0.550. The number of likely N-dealkylation sites (tertiary alicyclic amines) is 1. The van der Waals surface area contributed by atoms with Crippen molar-refractivity contribution >= 4 is 41.5 Å². The van der Waals surface area contributed by atoms with Gasteiger partial charge in [0.2, 0.25) is 0 Å². The maximum Gasteiger partial charge on any atom is 0.255 e. The highest BCUT2D eigenvalue weighted by Gasteiger charge is 2.25. The normalized spacial score (nSPS) is 15.5. The lowest BCUT2D eigenvalue weighted by atomic mass is 9.96. The van der Waals surface area contributed by atoms with Crippen molar-refractivity contribution in [3.63, 3.8) is 0 Å². The zero-order chi connectivity index (χ0) is 15.4. The molecule has 1 saturated heterocycles. The lowest BCUT2D eigenvalue weighted by Gasteiger charge is -2.32. The summed E-state index contributed by atoms with van der Waals surface area (Å²) in [5.41, 5.74) is 0.184. The van der Waals surface area contributed by atoms with Gasteiger partial charge in [0.15, 0.2) is 0 Å². The molecule has 1 amide bonds. The average Bonchev–Trinajstić information content (AvgIpc) is 2.48. The molecular weight excluding hydrogens is 350 g/mol. The molecule has 7 heteroatoms. The molecule has 1 aliphatic heterocycles. The van der Waals surface area contributed by atoms with Crippen LogP contribution in [-0.4, -0.2) is 37.0 Å². The quantitative estimate of drug-likeness (QED) is 0.813. The molecule has 0 aliphatic carbocycles. The maximum absolute atomic E-state index is 13.5. The minimum Gasteiger partial charge on any atom is -0.339 e. The van der Waals surface area contributed by atoms with Crippen molar-refractivity contribution in [2.45, 2.75) is 19.8 Å². The van der Waals surface area contributed by atoms with Gasteiger partial charge in [0, 0.05) is 13.1 Å². The molecule has 1 aromatic carbocycles. The van der Waals surface area contributed by atoms with E-state index in [2.05, 4.69) is 12.2 Å². The Morgan fingerprint density at radius 3 is 2.55 bits per heavy atom. The maximum atomic E-state index is 13.5. The van der Waals surface area contributed by atoms with E-state index in [1.165, 1.54) is 6.07 Å². The number of hydrogen-bond acceptors (Lipinski definition) is 2. The summed E-state index contributed by atoms with van der Waals surface area (Å²) in [6.07, 6.45) is 1.90. The summed E-state index contributed by atoms with van der Waals surface area (Å²) in [4.78, 5) is 14.2. The van der Waals surface area contributed by atoms with Crippen LogP contribution in [0.4, 0.5) is 4.39 Å². The highest BCUT2D eigenvalue weighted by Crippen LogP contribution is 2.27. The number of carbonyl (C=O) groups excluding carboxylic acids is 1. The Bertz CT molecular complexity index is 520. The number of carbonyl (C=O) groups is 1. The molecule has 0 aromatic heterocycles. The van der Waals surface area contributed by atoms with Gasteiger partial charge in [-0.1, -0.05) is 30.1 Å². The first-order chi connectivity index (χ1) is 10.0. The van der Waals surface area contributed by atoms with Crippen molar-refractivity contribution in [2.24, 2.45) is 5.92 Å². The van der Waals surface area contributed by atoms with E-state index in [1.807, 2.05) is 0 Å². The van der Waals surface area contributed by atoms with Gasteiger partial charge >= 0.3 is 0 Å². The largest absolute Gasteiger partial charge is 0.339 e. The van der Waals surface area contributed by atoms with Crippen molar-refractivity contribution in [2.75, 3.05) is 26.2 Å². The van der Waals surface area contributed by atoms with Gasteiger partial charge in [0.25, 0.3) is 5.91 Å². The van der Waals surface area contributed by atoms with Crippen LogP contribution in [0, 0.1) is 11.7 Å². The summed E-state index contributed by atoms with van der Waals surface area (Å²) in [7, 11) is 0. The predicted octanol–water partition coefficient (Wildman–Crippen LogP) is 4.02. The minimum atomic E-state index is -0.619. The monoisotopic (exact) mass is 368 g/mol. The molecule has 0 spiro atoms. The second-order valence-corrected chi connectivity index (χ2v) is 6.10. The highest BCUT2D eigenvalue weighted by atomic mass is 35.5. The minimum absolute atomic E-state index is 0. The van der Waals surface area contributed by atoms with Crippen molar-refractivity contribution in [3.05, 3.63) is 33.6 Å². The molecule has 1 aliphatic rings. The summed E-state index contributed by atoms with van der Waals surface area (Å²) >= 11 is 11.7. The SMILES string of the molecule is CCNCC1CCN(C(=O)c2cc(F)c(Cl)cc2Cl)CC1.Cl. The number of benzene rings is 1. The van der Waals surface area contributed by atoms with Crippen LogP contribution in [0.15, 0.2) is 12.1 Å². The Kier molecular flexibility index (Phi) is 7.90. The Morgan fingerprint density at radius 1 is 1.32 bits per heavy atom. The summed E-state index contributed by atoms with van der Waals surface area (Å²) in [6.45, 7) is 5.37. The van der Waals surface area contributed by atoms with Crippen LogP contribution in [-0.2, 0) is 0 Å². The number of nitrogens with one attached hydrogen (secondary N) is 1. The van der Waals surface area contributed by atoms with E-state index < -0.39 is 5.82 Å². The van der Waals surface area contributed by atoms with E-state index in [9.17, 15) is 9.18 Å². The standard InChI is InChI=1S/C15H19Cl2FN2O.ClH/c1-2-19-9-10-3-5-20(6-4-10)15(21)11-7-14(18)13(17)8-12(11)16;/h7-8,10,19H,2-6,9H2,1H3;1H. The molecule has 1 N–H and O–H groups in total. The molecule has 1 heterocycles. The van der Waals surface area contributed by atoms with E-state index in [0.29, 0.717) is 19.0 Å². The van der Waals surface area contributed by atoms with E-state index >= 15 is 0 Å². The number of halogens is 4. The van der Waals surface area contributed by atoms with Gasteiger partial charge in [-0.05, 0) is 44.0 Å². The molecule has 22 heavy (non-hydrogen) atoms. The first-order valence-electron chi connectivity index (χ1n) is 7.17. The van der Waals surface area contributed by atoms with Crippen LogP contribution in [0.25, 0.3) is 0 Å². The van der Waals surface area contributed by atoms with Gasteiger partial charge in [0.05, 0.1) is 15.6 Å². The molecule has 0 bridgehead atoms. The van der Waals surface area contributed by atoms with Gasteiger partial charge in [-0.15, -0.1) is 12.4 Å². The molecule has 3 nitrogen and oxygen atoms in total. The third kappa shape index (κ3) is 4.72. The smallest absolute Gasteiger partial charge is 0.255 e. The summed E-state index contributed by atoms with van der Waals surface area (Å²) in [5, 5.41) is 3.45. The molecule has 0 atom stereocenters. The van der Waals surface area contributed by atoms with Gasteiger partial charge in [-0.2, -0.15) is 0 Å². The zero-order valence-electron chi connectivity index (χ0n) is 12.4. The third-order valence-electron chi connectivity index (χ3n) is 3.83. The summed E-state index contributed by atoms with van der Waals surface area (Å²) in [5.74, 6) is -0.254. The van der Waals surface area contributed by atoms with Crippen LogP contribution in [0.3, 0.4) is 0 Å². The molecule has 1 fully saturated rings. The van der Waals surface area contributed by atoms with E-state index in [4.69, 9.17) is 23.2 Å². The number of piperidine rings is 1. The number of rotatable bonds is 4. The van der Waals surface area contributed by atoms with E-state index in [1.54, 1.807) is 4.90 Å². The van der Waals surface area contributed by atoms with Gasteiger partial charge in [0.1, 0.15) is 5.82 Å². The van der Waals surface area contributed by atoms with Crippen LogP contribution >= 0.6 is 35.6 Å². The topological polar surface area (TPSA) is 32.3 Å². The second kappa shape index (κ2) is 8.92. The zero-order valence-corrected chi connectivity index (χ0v) is 14.7. The molecule has 2 rings (SSSR count). The third-order valence-corrected chi connectivity index (χ3v) is 4.43. The molecular formula is C15H20Cl3FN2O.